The van der Waals surface area contributed by atoms with E-state index in [1.807, 2.05) is 26.0 Å². The number of rotatable bonds is 2. The molecule has 106 valence electrons. The maximum absolute atomic E-state index is 12.3. The van der Waals surface area contributed by atoms with Gasteiger partial charge in [0.1, 0.15) is 5.82 Å². The van der Waals surface area contributed by atoms with E-state index in [-0.39, 0.29) is 11.8 Å². The zero-order valence-electron chi connectivity index (χ0n) is 11.9. The van der Waals surface area contributed by atoms with Crippen LogP contribution in [0.2, 0.25) is 0 Å². The van der Waals surface area contributed by atoms with Crippen molar-refractivity contribution >= 4 is 23.3 Å². The Bertz CT molecular complexity index is 733. The summed E-state index contributed by atoms with van der Waals surface area (Å²) in [5, 5.41) is 5.53. The van der Waals surface area contributed by atoms with Gasteiger partial charge in [-0.1, -0.05) is 0 Å². The largest absolute Gasteiger partial charge is 0.326 e. The Kier molecular flexibility index (Phi) is 3.17. The molecule has 3 rings (SSSR count). The number of hydrogen-bond donors (Lipinski definition) is 2. The standard InChI is InChI=1S/C16H15N3O2/c1-9-5-10(2)17-14(6-9)19-16(21)11-3-4-13-12(7-11)8-15(20)18-13/h3-7H,8H2,1-2H3,(H,18,20)(H,17,19,21). The number of carbonyl (C=O) groups is 2. The molecule has 5 nitrogen and oxygen atoms in total. The molecule has 1 aromatic heterocycles. The van der Waals surface area contributed by atoms with Gasteiger partial charge in [0, 0.05) is 16.9 Å². The van der Waals surface area contributed by atoms with Gasteiger partial charge in [0.15, 0.2) is 0 Å². The van der Waals surface area contributed by atoms with E-state index in [9.17, 15) is 9.59 Å². The maximum atomic E-state index is 12.3. The molecule has 0 saturated carbocycles. The topological polar surface area (TPSA) is 71.1 Å². The van der Waals surface area contributed by atoms with Crippen molar-refractivity contribution in [2.45, 2.75) is 20.3 Å². The van der Waals surface area contributed by atoms with Crippen molar-refractivity contribution in [1.82, 2.24) is 4.98 Å². The highest BCUT2D eigenvalue weighted by atomic mass is 16.2. The van der Waals surface area contributed by atoms with Crippen LogP contribution in [0, 0.1) is 13.8 Å². The van der Waals surface area contributed by atoms with Crippen molar-refractivity contribution in [2.24, 2.45) is 0 Å². The fourth-order valence-electron chi connectivity index (χ4n) is 2.46. The summed E-state index contributed by atoms with van der Waals surface area (Å²) in [6, 6.07) is 8.96. The van der Waals surface area contributed by atoms with E-state index in [4.69, 9.17) is 0 Å². The Labute approximate surface area is 122 Å². The molecule has 1 aliphatic rings. The SMILES string of the molecule is Cc1cc(C)nc(NC(=O)c2ccc3c(c2)CC(=O)N3)c1. The number of nitrogens with zero attached hydrogens (tertiary/aromatic N) is 1. The summed E-state index contributed by atoms with van der Waals surface area (Å²) in [5.41, 5.74) is 4.05. The van der Waals surface area contributed by atoms with E-state index in [0.29, 0.717) is 17.8 Å². The minimum atomic E-state index is -0.227. The van der Waals surface area contributed by atoms with Crippen molar-refractivity contribution in [3.63, 3.8) is 0 Å². The molecule has 0 aliphatic carbocycles. The van der Waals surface area contributed by atoms with Crippen LogP contribution in [0.3, 0.4) is 0 Å². The van der Waals surface area contributed by atoms with Gasteiger partial charge in [-0.05, 0) is 55.3 Å². The second kappa shape index (κ2) is 5.01. The van der Waals surface area contributed by atoms with Gasteiger partial charge in [0.05, 0.1) is 6.42 Å². The Balaban J connectivity index is 1.83. The molecule has 0 bridgehead atoms. The molecule has 0 radical (unpaired) electrons. The monoisotopic (exact) mass is 281 g/mol. The molecule has 0 atom stereocenters. The zero-order chi connectivity index (χ0) is 15.0. The summed E-state index contributed by atoms with van der Waals surface area (Å²) < 4.78 is 0. The van der Waals surface area contributed by atoms with E-state index in [1.165, 1.54) is 0 Å². The molecular formula is C16H15N3O2. The van der Waals surface area contributed by atoms with E-state index < -0.39 is 0 Å². The van der Waals surface area contributed by atoms with Crippen LogP contribution < -0.4 is 10.6 Å². The number of pyridine rings is 1. The lowest BCUT2D eigenvalue weighted by atomic mass is 10.1. The van der Waals surface area contributed by atoms with Crippen molar-refractivity contribution in [3.8, 4) is 0 Å². The van der Waals surface area contributed by atoms with Crippen LogP contribution in [0.4, 0.5) is 11.5 Å². The van der Waals surface area contributed by atoms with E-state index >= 15 is 0 Å². The van der Waals surface area contributed by atoms with Gasteiger partial charge >= 0.3 is 0 Å². The predicted octanol–water partition coefficient (Wildman–Crippen LogP) is 2.45. The second-order valence-electron chi connectivity index (χ2n) is 5.22. The third kappa shape index (κ3) is 2.76. The van der Waals surface area contributed by atoms with Crippen molar-refractivity contribution < 1.29 is 9.59 Å². The molecule has 0 saturated heterocycles. The normalized spacial score (nSPS) is 12.8. The fraction of sp³-hybridized carbons (Fsp3) is 0.188. The molecule has 5 heteroatoms. The highest BCUT2D eigenvalue weighted by Crippen LogP contribution is 2.24. The number of anilines is 2. The summed E-state index contributed by atoms with van der Waals surface area (Å²) in [6.07, 6.45) is 0.318. The van der Waals surface area contributed by atoms with Crippen LogP contribution in [0.15, 0.2) is 30.3 Å². The zero-order valence-corrected chi connectivity index (χ0v) is 11.9. The third-order valence-electron chi connectivity index (χ3n) is 3.33. The smallest absolute Gasteiger partial charge is 0.256 e. The number of benzene rings is 1. The number of hydrogen-bond acceptors (Lipinski definition) is 3. The van der Waals surface area contributed by atoms with Gasteiger partial charge in [-0.2, -0.15) is 0 Å². The first kappa shape index (κ1) is 13.3. The molecule has 2 N–H and O–H groups in total. The van der Waals surface area contributed by atoms with Gasteiger partial charge in [0.2, 0.25) is 5.91 Å². The van der Waals surface area contributed by atoms with Crippen LogP contribution >= 0.6 is 0 Å². The minimum Gasteiger partial charge on any atom is -0.326 e. The molecular weight excluding hydrogens is 266 g/mol. The number of nitrogens with one attached hydrogen (secondary N) is 2. The number of aryl methyl sites for hydroxylation is 2. The van der Waals surface area contributed by atoms with Crippen LogP contribution in [0.25, 0.3) is 0 Å². The molecule has 2 amide bonds. The van der Waals surface area contributed by atoms with Gasteiger partial charge in [-0.3, -0.25) is 9.59 Å². The van der Waals surface area contributed by atoms with Gasteiger partial charge in [0.25, 0.3) is 5.91 Å². The Hall–Kier alpha value is -2.69. The number of aromatic nitrogens is 1. The van der Waals surface area contributed by atoms with Crippen LogP contribution in [-0.2, 0) is 11.2 Å². The van der Waals surface area contributed by atoms with E-state index in [1.54, 1.807) is 18.2 Å². The average Bonchev–Trinajstić information content (AvgIpc) is 2.76. The van der Waals surface area contributed by atoms with Crippen molar-refractivity contribution in [3.05, 3.63) is 52.7 Å². The van der Waals surface area contributed by atoms with Gasteiger partial charge in [-0.25, -0.2) is 4.98 Å². The highest BCUT2D eigenvalue weighted by Gasteiger charge is 2.19. The minimum absolute atomic E-state index is 0.0430. The Morgan fingerprint density at radius 3 is 2.81 bits per heavy atom. The summed E-state index contributed by atoms with van der Waals surface area (Å²) in [7, 11) is 0. The molecule has 1 aliphatic heterocycles. The summed E-state index contributed by atoms with van der Waals surface area (Å²) in [6.45, 7) is 3.84. The van der Waals surface area contributed by atoms with E-state index in [0.717, 1.165) is 22.5 Å². The summed E-state index contributed by atoms with van der Waals surface area (Å²) in [4.78, 5) is 27.9. The second-order valence-corrected chi connectivity index (χ2v) is 5.22. The van der Waals surface area contributed by atoms with Crippen LogP contribution in [-0.4, -0.2) is 16.8 Å². The third-order valence-corrected chi connectivity index (χ3v) is 3.33. The molecule has 2 aromatic rings. The van der Waals surface area contributed by atoms with Crippen LogP contribution in [0.1, 0.15) is 27.2 Å². The summed E-state index contributed by atoms with van der Waals surface area (Å²) >= 11 is 0. The number of fused-ring (bicyclic) bond motifs is 1. The fourth-order valence-corrected chi connectivity index (χ4v) is 2.46. The molecule has 1 aromatic carbocycles. The average molecular weight is 281 g/mol. The highest BCUT2D eigenvalue weighted by molar-refractivity contribution is 6.06. The quantitative estimate of drug-likeness (QED) is 0.888. The van der Waals surface area contributed by atoms with Crippen molar-refractivity contribution in [2.75, 3.05) is 10.6 Å². The van der Waals surface area contributed by atoms with Crippen LogP contribution in [0.5, 0.6) is 0 Å². The first-order valence-electron chi connectivity index (χ1n) is 6.71. The maximum Gasteiger partial charge on any atom is 0.256 e. The first-order valence-corrected chi connectivity index (χ1v) is 6.71. The number of amides is 2. The lowest BCUT2D eigenvalue weighted by Gasteiger charge is -2.07. The lowest BCUT2D eigenvalue weighted by Crippen LogP contribution is -2.13. The molecule has 2 heterocycles. The number of carbonyl (C=O) groups excluding carboxylic acids is 2. The Morgan fingerprint density at radius 2 is 2.05 bits per heavy atom. The molecule has 0 fully saturated rings. The van der Waals surface area contributed by atoms with Crippen molar-refractivity contribution in [1.29, 1.82) is 0 Å². The molecule has 21 heavy (non-hydrogen) atoms. The van der Waals surface area contributed by atoms with E-state index in [2.05, 4.69) is 15.6 Å². The molecule has 0 spiro atoms. The molecule has 0 unspecified atom stereocenters. The lowest BCUT2D eigenvalue weighted by molar-refractivity contribution is -0.115. The van der Waals surface area contributed by atoms with Gasteiger partial charge in [-0.15, -0.1) is 0 Å². The predicted molar refractivity (Wildman–Crippen MR) is 80.4 cm³/mol. The van der Waals surface area contributed by atoms with Gasteiger partial charge < -0.3 is 10.6 Å². The Morgan fingerprint density at radius 1 is 1.24 bits per heavy atom. The first-order chi connectivity index (χ1) is 10.0. The summed E-state index contributed by atoms with van der Waals surface area (Å²) in [5.74, 6) is 0.264.